The van der Waals surface area contributed by atoms with E-state index in [0.29, 0.717) is 17.1 Å². The van der Waals surface area contributed by atoms with Gasteiger partial charge in [0.05, 0.1) is 5.56 Å². The van der Waals surface area contributed by atoms with Gasteiger partial charge in [0.25, 0.3) is 0 Å². The van der Waals surface area contributed by atoms with Crippen molar-refractivity contribution in [3.8, 4) is 11.5 Å². The fraction of sp³-hybridized carbons (Fsp3) is 0.0500. The summed E-state index contributed by atoms with van der Waals surface area (Å²) < 4.78 is 11.9. The zero-order valence-electron chi connectivity index (χ0n) is 12.0. The van der Waals surface area contributed by atoms with Crippen LogP contribution in [0.3, 0.4) is 0 Å². The first-order valence-electron chi connectivity index (χ1n) is 7.34. The average Bonchev–Trinajstić information content (AvgIpc) is 2.90. The number of hydrogen-bond donors (Lipinski definition) is 0. The van der Waals surface area contributed by atoms with Gasteiger partial charge in [-0.3, -0.25) is 0 Å². The lowest BCUT2D eigenvalue weighted by atomic mass is 9.78. The summed E-state index contributed by atoms with van der Waals surface area (Å²) in [6.07, 6.45) is 0. The molecular formula is C20H10O3. The lowest BCUT2D eigenvalue weighted by Crippen LogP contribution is -2.32. The number of carbonyl (C=O) groups is 1. The van der Waals surface area contributed by atoms with Crippen molar-refractivity contribution in [3.63, 3.8) is 0 Å². The van der Waals surface area contributed by atoms with E-state index in [1.807, 2.05) is 54.6 Å². The second-order valence-electron chi connectivity index (χ2n) is 5.56. The predicted octanol–water partition coefficient (Wildman–Crippen LogP) is 3.85. The molecule has 0 amide bonds. The Balaban J connectivity index is 1.93. The molecule has 0 fully saturated rings. The van der Waals surface area contributed by atoms with E-state index < -0.39 is 5.60 Å². The van der Waals surface area contributed by atoms with Gasteiger partial charge in [-0.25, -0.2) is 4.79 Å². The monoisotopic (exact) mass is 298 g/mol. The van der Waals surface area contributed by atoms with Crippen LogP contribution in [-0.2, 0) is 10.3 Å². The van der Waals surface area contributed by atoms with Gasteiger partial charge in [0.2, 0.25) is 0 Å². The molecule has 3 nitrogen and oxygen atoms in total. The van der Waals surface area contributed by atoms with E-state index in [9.17, 15) is 4.79 Å². The second-order valence-corrected chi connectivity index (χ2v) is 5.56. The normalized spacial score (nSPS) is 16.1. The van der Waals surface area contributed by atoms with E-state index in [4.69, 9.17) is 9.47 Å². The smallest absolute Gasteiger partial charge is 0.340 e. The Morgan fingerprint density at radius 3 is 2.17 bits per heavy atom. The minimum atomic E-state index is -0.983. The Bertz CT molecular complexity index is 913. The first kappa shape index (κ1) is 12.5. The van der Waals surface area contributed by atoms with E-state index >= 15 is 0 Å². The van der Waals surface area contributed by atoms with Crippen molar-refractivity contribution < 1.29 is 14.3 Å². The maximum absolute atomic E-state index is 12.4. The van der Waals surface area contributed by atoms with Gasteiger partial charge in [0.15, 0.2) is 5.60 Å². The molecule has 108 valence electrons. The molecule has 2 heterocycles. The third-order valence-electron chi connectivity index (χ3n) is 4.38. The number of fused-ring (bicyclic) bond motifs is 6. The van der Waals surface area contributed by atoms with Crippen molar-refractivity contribution >= 4 is 5.97 Å². The van der Waals surface area contributed by atoms with Crippen molar-refractivity contribution in [2.24, 2.45) is 0 Å². The van der Waals surface area contributed by atoms with Crippen molar-refractivity contribution in [2.45, 2.75) is 5.60 Å². The number of benzene rings is 3. The van der Waals surface area contributed by atoms with Gasteiger partial charge in [-0.1, -0.05) is 48.5 Å². The van der Waals surface area contributed by atoms with Crippen LogP contribution in [0.25, 0.3) is 0 Å². The number of carbonyl (C=O) groups excluding carboxylic acids is 1. The first-order chi connectivity index (χ1) is 11.3. The molecule has 1 spiro atoms. The molecule has 3 aromatic rings. The van der Waals surface area contributed by atoms with Gasteiger partial charge in [0.1, 0.15) is 11.5 Å². The Labute approximate surface area is 133 Å². The lowest BCUT2D eigenvalue weighted by molar-refractivity contribution is 0.0224. The summed E-state index contributed by atoms with van der Waals surface area (Å²) in [6, 6.07) is 24.6. The maximum atomic E-state index is 12.4. The molecular weight excluding hydrogens is 288 g/mol. The van der Waals surface area contributed by atoms with Crippen LogP contribution in [0, 0.1) is 12.1 Å². The Kier molecular flexibility index (Phi) is 2.29. The number of esters is 1. The molecule has 5 rings (SSSR count). The van der Waals surface area contributed by atoms with Gasteiger partial charge in [-0.15, -0.1) is 0 Å². The SMILES string of the molecule is O=C1OC2(c3cc[c][c]c31)c1ccccc1Oc1ccccc12. The van der Waals surface area contributed by atoms with E-state index in [1.165, 1.54) is 0 Å². The van der Waals surface area contributed by atoms with Crippen molar-refractivity contribution in [2.75, 3.05) is 0 Å². The highest BCUT2D eigenvalue weighted by atomic mass is 16.6. The van der Waals surface area contributed by atoms with Crippen molar-refractivity contribution in [1.29, 1.82) is 0 Å². The van der Waals surface area contributed by atoms with E-state index in [2.05, 4.69) is 12.1 Å². The van der Waals surface area contributed by atoms with Gasteiger partial charge in [-0.2, -0.15) is 0 Å². The third-order valence-corrected chi connectivity index (χ3v) is 4.38. The van der Waals surface area contributed by atoms with E-state index in [0.717, 1.165) is 16.7 Å². The fourth-order valence-electron chi connectivity index (χ4n) is 3.45. The van der Waals surface area contributed by atoms with Crippen molar-refractivity contribution in [1.82, 2.24) is 0 Å². The highest BCUT2D eigenvalue weighted by Crippen LogP contribution is 2.55. The summed E-state index contributed by atoms with van der Waals surface area (Å²) in [5.41, 5.74) is 1.88. The molecule has 2 aliphatic heterocycles. The molecule has 2 aliphatic rings. The third kappa shape index (κ3) is 1.46. The topological polar surface area (TPSA) is 35.5 Å². The minimum absolute atomic E-state index is 0.386. The van der Waals surface area contributed by atoms with Gasteiger partial charge in [0, 0.05) is 22.8 Å². The lowest BCUT2D eigenvalue weighted by Gasteiger charge is -2.36. The molecule has 0 bridgehead atoms. The molecule has 2 radical (unpaired) electrons. The Hall–Kier alpha value is -3.07. The van der Waals surface area contributed by atoms with Crippen LogP contribution in [0.4, 0.5) is 0 Å². The number of hydrogen-bond acceptors (Lipinski definition) is 3. The second kappa shape index (κ2) is 4.23. The quantitative estimate of drug-likeness (QED) is 0.591. The zero-order valence-corrected chi connectivity index (χ0v) is 12.0. The summed E-state index contributed by atoms with van der Waals surface area (Å²) in [7, 11) is 0. The molecule has 3 aromatic carbocycles. The van der Waals surface area contributed by atoms with Crippen LogP contribution in [-0.4, -0.2) is 5.97 Å². The highest BCUT2D eigenvalue weighted by Gasteiger charge is 2.53. The molecule has 0 N–H and O–H groups in total. The number of rotatable bonds is 0. The summed E-state index contributed by atoms with van der Waals surface area (Å²) in [5, 5.41) is 0. The van der Waals surface area contributed by atoms with Crippen LogP contribution in [0.15, 0.2) is 60.7 Å². The molecule has 3 heteroatoms. The molecule has 0 aromatic heterocycles. The van der Waals surface area contributed by atoms with E-state index in [-0.39, 0.29) is 5.97 Å². The molecule has 23 heavy (non-hydrogen) atoms. The van der Waals surface area contributed by atoms with E-state index in [1.54, 1.807) is 6.07 Å². The minimum Gasteiger partial charge on any atom is -0.456 e. The molecule has 0 saturated carbocycles. The van der Waals surface area contributed by atoms with Gasteiger partial charge in [-0.05, 0) is 18.2 Å². The largest absolute Gasteiger partial charge is 0.456 e. The van der Waals surface area contributed by atoms with Gasteiger partial charge < -0.3 is 9.47 Å². The molecule has 0 atom stereocenters. The predicted molar refractivity (Wildman–Crippen MR) is 82.4 cm³/mol. The van der Waals surface area contributed by atoms with Crippen LogP contribution < -0.4 is 4.74 Å². The van der Waals surface area contributed by atoms with Gasteiger partial charge >= 0.3 is 5.97 Å². The Morgan fingerprint density at radius 1 is 0.826 bits per heavy atom. The Morgan fingerprint density at radius 2 is 1.48 bits per heavy atom. The standard InChI is InChI=1S/C20H10O3/c21-19-13-7-1-2-8-14(13)20(23-19)15-9-3-5-11-17(15)22-18-12-6-4-10-16(18)20/h2-6,8-12H. The maximum Gasteiger partial charge on any atom is 0.340 e. The number of para-hydroxylation sites is 2. The summed E-state index contributed by atoms with van der Waals surface area (Å²) in [4.78, 5) is 12.4. The van der Waals surface area contributed by atoms with Crippen LogP contribution in [0.1, 0.15) is 27.0 Å². The molecule has 0 unspecified atom stereocenters. The number of ether oxygens (including phenoxy) is 2. The first-order valence-corrected chi connectivity index (χ1v) is 7.34. The fourth-order valence-corrected chi connectivity index (χ4v) is 3.45. The molecule has 0 saturated heterocycles. The average molecular weight is 298 g/mol. The summed E-state index contributed by atoms with van der Waals surface area (Å²) >= 11 is 0. The summed E-state index contributed by atoms with van der Waals surface area (Å²) in [5.74, 6) is 1.00. The van der Waals surface area contributed by atoms with Crippen LogP contribution in [0.5, 0.6) is 11.5 Å². The van der Waals surface area contributed by atoms with Crippen LogP contribution in [0.2, 0.25) is 0 Å². The summed E-state index contributed by atoms with van der Waals surface area (Å²) in [6.45, 7) is 0. The molecule has 0 aliphatic carbocycles. The van der Waals surface area contributed by atoms with Crippen molar-refractivity contribution in [3.05, 3.63) is 95.1 Å². The zero-order chi connectivity index (χ0) is 15.4. The van der Waals surface area contributed by atoms with Crippen LogP contribution >= 0.6 is 0 Å². The highest BCUT2D eigenvalue weighted by molar-refractivity contribution is 5.96.